The average Bonchev–Trinajstić information content (AvgIpc) is 2.75. The Hall–Kier alpha value is -0.560. The molecular weight excluding hydrogens is 292 g/mol. The standard InChI is InChI=1S/C22H34O.CH4/c1-5-15-6-8-17-16(12-15)7-9-19-18(17)10-11-22(4)20(19)13(2)14(3)21(22)23;/h7,12-14,17-21,23H,5-6,8-11H2,1-4H3;1H4. The maximum absolute atomic E-state index is 10.9. The first-order valence-corrected chi connectivity index (χ1v) is 10.0. The molecule has 2 fully saturated rings. The second kappa shape index (κ2) is 6.31. The first-order chi connectivity index (χ1) is 11.0. The number of aliphatic hydroxyl groups excluding tert-OH is 1. The van der Waals surface area contributed by atoms with Crippen LogP contribution in [0.2, 0.25) is 0 Å². The van der Waals surface area contributed by atoms with Crippen molar-refractivity contribution in [1.82, 2.24) is 0 Å². The van der Waals surface area contributed by atoms with Crippen molar-refractivity contribution in [2.24, 2.45) is 40.9 Å². The molecule has 0 amide bonds. The summed E-state index contributed by atoms with van der Waals surface area (Å²) in [7, 11) is 0. The summed E-state index contributed by atoms with van der Waals surface area (Å²) < 4.78 is 0. The summed E-state index contributed by atoms with van der Waals surface area (Å²) in [6.07, 6.45) is 12.8. The smallest absolute Gasteiger partial charge is 0.0624 e. The van der Waals surface area contributed by atoms with Crippen molar-refractivity contribution in [3.05, 3.63) is 23.3 Å². The Morgan fingerprint density at radius 1 is 1.17 bits per heavy atom. The van der Waals surface area contributed by atoms with E-state index in [0.29, 0.717) is 11.8 Å². The Morgan fingerprint density at radius 2 is 1.92 bits per heavy atom. The molecular formula is C23H38O. The molecule has 4 aliphatic carbocycles. The lowest BCUT2D eigenvalue weighted by atomic mass is 9.52. The fraction of sp³-hybridized carbons (Fsp3) is 0.826. The van der Waals surface area contributed by atoms with Gasteiger partial charge in [0.05, 0.1) is 6.10 Å². The molecule has 8 unspecified atom stereocenters. The number of hydrogen-bond donors (Lipinski definition) is 1. The van der Waals surface area contributed by atoms with Gasteiger partial charge in [-0.3, -0.25) is 0 Å². The molecule has 0 radical (unpaired) electrons. The predicted octanol–water partition coefficient (Wildman–Crippen LogP) is 5.99. The van der Waals surface area contributed by atoms with E-state index in [4.69, 9.17) is 0 Å². The highest BCUT2D eigenvalue weighted by Gasteiger charge is 2.60. The minimum atomic E-state index is -0.0910. The van der Waals surface area contributed by atoms with E-state index >= 15 is 0 Å². The van der Waals surface area contributed by atoms with Gasteiger partial charge >= 0.3 is 0 Å². The third kappa shape index (κ3) is 2.37. The van der Waals surface area contributed by atoms with Crippen molar-refractivity contribution in [2.75, 3.05) is 0 Å². The van der Waals surface area contributed by atoms with Crippen molar-refractivity contribution in [3.8, 4) is 0 Å². The van der Waals surface area contributed by atoms with Crippen LogP contribution in [0.3, 0.4) is 0 Å². The number of allylic oxidation sites excluding steroid dienone is 4. The molecule has 0 aromatic carbocycles. The van der Waals surface area contributed by atoms with Crippen molar-refractivity contribution < 1.29 is 5.11 Å². The quantitative estimate of drug-likeness (QED) is 0.625. The highest BCUT2D eigenvalue weighted by Crippen LogP contribution is 2.64. The van der Waals surface area contributed by atoms with E-state index in [-0.39, 0.29) is 18.9 Å². The third-order valence-electron chi connectivity index (χ3n) is 8.53. The second-order valence-corrected chi connectivity index (χ2v) is 9.30. The molecule has 0 aromatic heterocycles. The molecule has 24 heavy (non-hydrogen) atoms. The zero-order chi connectivity index (χ0) is 16.4. The van der Waals surface area contributed by atoms with Gasteiger partial charge in [0.25, 0.3) is 0 Å². The van der Waals surface area contributed by atoms with Gasteiger partial charge in [-0.25, -0.2) is 0 Å². The van der Waals surface area contributed by atoms with Crippen molar-refractivity contribution in [2.45, 2.75) is 79.8 Å². The van der Waals surface area contributed by atoms with Crippen molar-refractivity contribution in [3.63, 3.8) is 0 Å². The summed E-state index contributed by atoms with van der Waals surface area (Å²) in [5.41, 5.74) is 3.49. The van der Waals surface area contributed by atoms with Crippen LogP contribution < -0.4 is 0 Å². The highest BCUT2D eigenvalue weighted by atomic mass is 16.3. The first-order valence-electron chi connectivity index (χ1n) is 10.0. The van der Waals surface area contributed by atoms with Gasteiger partial charge in [0.2, 0.25) is 0 Å². The molecule has 4 rings (SSSR count). The Bertz CT molecular complexity index is 544. The van der Waals surface area contributed by atoms with Crippen LogP contribution in [0.15, 0.2) is 23.3 Å². The van der Waals surface area contributed by atoms with Crippen LogP contribution in [0.5, 0.6) is 0 Å². The van der Waals surface area contributed by atoms with Gasteiger partial charge in [-0.15, -0.1) is 0 Å². The molecule has 2 saturated carbocycles. The predicted molar refractivity (Wildman–Crippen MR) is 103 cm³/mol. The zero-order valence-corrected chi connectivity index (χ0v) is 15.4. The van der Waals surface area contributed by atoms with E-state index in [0.717, 1.165) is 23.7 Å². The molecule has 8 atom stereocenters. The minimum absolute atomic E-state index is 0. The van der Waals surface area contributed by atoms with Gasteiger partial charge < -0.3 is 5.11 Å². The Balaban J connectivity index is 0.00000169. The minimum Gasteiger partial charge on any atom is -0.392 e. The lowest BCUT2D eigenvalue weighted by Crippen LogP contribution is -2.47. The molecule has 0 aromatic rings. The van der Waals surface area contributed by atoms with Gasteiger partial charge in [-0.1, -0.05) is 52.8 Å². The average molecular weight is 331 g/mol. The molecule has 0 spiro atoms. The zero-order valence-electron chi connectivity index (χ0n) is 15.4. The maximum Gasteiger partial charge on any atom is 0.0624 e. The van der Waals surface area contributed by atoms with Gasteiger partial charge in [0.1, 0.15) is 0 Å². The summed E-state index contributed by atoms with van der Waals surface area (Å²) in [6.45, 7) is 9.40. The Morgan fingerprint density at radius 3 is 2.62 bits per heavy atom. The van der Waals surface area contributed by atoms with Crippen molar-refractivity contribution >= 4 is 0 Å². The van der Waals surface area contributed by atoms with Crippen LogP contribution in [0.25, 0.3) is 0 Å². The molecule has 1 N–H and O–H groups in total. The van der Waals surface area contributed by atoms with Gasteiger partial charge in [-0.2, -0.15) is 0 Å². The summed E-state index contributed by atoms with van der Waals surface area (Å²) in [6, 6.07) is 0. The topological polar surface area (TPSA) is 20.2 Å². The number of rotatable bonds is 1. The molecule has 136 valence electrons. The first kappa shape index (κ1) is 18.2. The van der Waals surface area contributed by atoms with Crippen molar-refractivity contribution in [1.29, 1.82) is 0 Å². The van der Waals surface area contributed by atoms with Gasteiger partial charge in [-0.05, 0) is 85.0 Å². The van der Waals surface area contributed by atoms with Gasteiger partial charge in [0, 0.05) is 0 Å². The van der Waals surface area contributed by atoms with E-state index in [1.807, 2.05) is 0 Å². The number of hydrogen-bond acceptors (Lipinski definition) is 1. The second-order valence-electron chi connectivity index (χ2n) is 9.30. The number of aliphatic hydroxyl groups is 1. The Kier molecular flexibility index (Phi) is 4.79. The SMILES string of the molecule is C.CCC1=CC2=CCC3C(CCC4(C)C(O)C(C)C(C)C34)C2CC1. The van der Waals surface area contributed by atoms with E-state index in [1.165, 1.54) is 38.5 Å². The van der Waals surface area contributed by atoms with E-state index < -0.39 is 0 Å². The van der Waals surface area contributed by atoms with Crippen LogP contribution in [0.1, 0.15) is 73.6 Å². The summed E-state index contributed by atoms with van der Waals surface area (Å²) in [5, 5.41) is 10.9. The van der Waals surface area contributed by atoms with E-state index in [9.17, 15) is 5.11 Å². The van der Waals surface area contributed by atoms with Crippen LogP contribution >= 0.6 is 0 Å². The van der Waals surface area contributed by atoms with Gasteiger partial charge in [0.15, 0.2) is 0 Å². The molecule has 0 heterocycles. The fourth-order valence-corrected chi connectivity index (χ4v) is 7.13. The van der Waals surface area contributed by atoms with E-state index in [2.05, 4.69) is 39.8 Å². The van der Waals surface area contributed by atoms with E-state index in [1.54, 1.807) is 11.1 Å². The summed E-state index contributed by atoms with van der Waals surface area (Å²) in [5.74, 6) is 4.36. The monoisotopic (exact) mass is 330 g/mol. The fourth-order valence-electron chi connectivity index (χ4n) is 7.13. The molecule has 1 nitrogen and oxygen atoms in total. The molecule has 0 bridgehead atoms. The normalized spacial score (nSPS) is 50.0. The van der Waals surface area contributed by atoms with Crippen LogP contribution in [0.4, 0.5) is 0 Å². The summed E-state index contributed by atoms with van der Waals surface area (Å²) in [4.78, 5) is 0. The lowest BCUT2D eigenvalue weighted by molar-refractivity contribution is -0.0552. The van der Waals surface area contributed by atoms with Crippen LogP contribution in [-0.4, -0.2) is 11.2 Å². The lowest BCUT2D eigenvalue weighted by Gasteiger charge is -2.53. The highest BCUT2D eigenvalue weighted by molar-refractivity contribution is 5.33. The molecule has 0 aliphatic heterocycles. The van der Waals surface area contributed by atoms with Crippen LogP contribution in [-0.2, 0) is 0 Å². The third-order valence-corrected chi connectivity index (χ3v) is 8.53. The molecule has 1 heteroatoms. The Labute approximate surface area is 149 Å². The summed E-state index contributed by atoms with van der Waals surface area (Å²) >= 11 is 0. The largest absolute Gasteiger partial charge is 0.392 e. The number of fused-ring (bicyclic) bond motifs is 5. The van der Waals surface area contributed by atoms with Crippen LogP contribution in [0, 0.1) is 40.9 Å². The molecule has 4 aliphatic rings. The molecule has 0 saturated heterocycles. The maximum atomic E-state index is 10.9.